The minimum Gasteiger partial charge on any atom is -0.508 e. The van der Waals surface area contributed by atoms with Gasteiger partial charge in [0, 0.05) is 6.54 Å². The lowest BCUT2D eigenvalue weighted by Crippen LogP contribution is -2.22. The van der Waals surface area contributed by atoms with Gasteiger partial charge in [0.15, 0.2) is 0 Å². The molecule has 0 aliphatic carbocycles. The zero-order valence-electron chi connectivity index (χ0n) is 11.8. The average molecular weight is 293 g/mol. The van der Waals surface area contributed by atoms with Gasteiger partial charge in [-0.05, 0) is 40.6 Å². The van der Waals surface area contributed by atoms with Crippen LogP contribution in [0.2, 0.25) is 0 Å². The van der Waals surface area contributed by atoms with Gasteiger partial charge in [-0.1, -0.05) is 36.4 Å². The van der Waals surface area contributed by atoms with Crippen LogP contribution in [0.5, 0.6) is 11.5 Å². The number of aromatic hydroxyl groups is 2. The number of phenols is 2. The first-order valence-electron chi connectivity index (χ1n) is 6.91. The molecule has 0 heterocycles. The van der Waals surface area contributed by atoms with Gasteiger partial charge in [0.2, 0.25) is 0 Å². The van der Waals surface area contributed by atoms with Crippen molar-refractivity contribution in [1.82, 2.24) is 5.32 Å². The first-order chi connectivity index (χ1) is 10.6. The molecular weight excluding hydrogens is 278 g/mol. The van der Waals surface area contributed by atoms with Gasteiger partial charge < -0.3 is 15.5 Å². The molecule has 3 rings (SSSR count). The predicted molar refractivity (Wildman–Crippen MR) is 84.9 cm³/mol. The van der Waals surface area contributed by atoms with E-state index in [0.29, 0.717) is 11.9 Å². The lowest BCUT2D eigenvalue weighted by atomic mass is 10.0. The fourth-order valence-electron chi connectivity index (χ4n) is 2.33. The van der Waals surface area contributed by atoms with Crippen molar-refractivity contribution >= 4 is 16.7 Å². The van der Waals surface area contributed by atoms with Crippen LogP contribution in [-0.2, 0) is 6.54 Å². The summed E-state index contributed by atoms with van der Waals surface area (Å²) < 4.78 is 0. The van der Waals surface area contributed by atoms with E-state index in [2.05, 4.69) is 5.32 Å². The second-order valence-corrected chi connectivity index (χ2v) is 5.07. The molecule has 3 aromatic carbocycles. The monoisotopic (exact) mass is 293 g/mol. The summed E-state index contributed by atoms with van der Waals surface area (Å²) in [5, 5.41) is 23.7. The molecule has 3 aromatic rings. The van der Waals surface area contributed by atoms with Gasteiger partial charge in [-0.25, -0.2) is 0 Å². The standard InChI is InChI=1S/C18H15NO3/c20-15-7-6-13-9-16(17(21)10-14(13)8-15)18(22)19-11-12-4-2-1-3-5-12/h1-10,20-21H,11H2,(H,19,22). The smallest absolute Gasteiger partial charge is 0.255 e. The van der Waals surface area contributed by atoms with E-state index >= 15 is 0 Å². The molecule has 0 atom stereocenters. The molecule has 0 unspecified atom stereocenters. The third-order valence-corrected chi connectivity index (χ3v) is 3.48. The summed E-state index contributed by atoms with van der Waals surface area (Å²) in [6, 6.07) is 17.5. The van der Waals surface area contributed by atoms with Crippen LogP contribution in [0.25, 0.3) is 10.8 Å². The largest absolute Gasteiger partial charge is 0.508 e. The minimum absolute atomic E-state index is 0.108. The number of phenolic OH excluding ortho intramolecular Hbond substituents is 2. The molecule has 4 nitrogen and oxygen atoms in total. The Morgan fingerprint density at radius 1 is 0.909 bits per heavy atom. The number of carbonyl (C=O) groups excluding carboxylic acids is 1. The van der Waals surface area contributed by atoms with Crippen LogP contribution in [0.15, 0.2) is 60.7 Å². The highest BCUT2D eigenvalue weighted by molar-refractivity contribution is 6.01. The summed E-state index contributed by atoms with van der Waals surface area (Å²) in [6.45, 7) is 0.396. The van der Waals surface area contributed by atoms with E-state index in [9.17, 15) is 15.0 Å². The topological polar surface area (TPSA) is 69.6 Å². The van der Waals surface area contributed by atoms with Crippen LogP contribution in [0.4, 0.5) is 0 Å². The predicted octanol–water partition coefficient (Wildman–Crippen LogP) is 3.18. The Kier molecular flexibility index (Phi) is 3.66. The van der Waals surface area contributed by atoms with E-state index in [0.717, 1.165) is 10.9 Å². The van der Waals surface area contributed by atoms with E-state index in [-0.39, 0.29) is 23.0 Å². The lowest BCUT2D eigenvalue weighted by Gasteiger charge is -2.09. The molecule has 22 heavy (non-hydrogen) atoms. The van der Waals surface area contributed by atoms with Crippen molar-refractivity contribution in [3.05, 3.63) is 71.8 Å². The van der Waals surface area contributed by atoms with Crippen LogP contribution in [0.3, 0.4) is 0 Å². The third kappa shape index (κ3) is 2.86. The summed E-state index contributed by atoms with van der Waals surface area (Å²) >= 11 is 0. The summed E-state index contributed by atoms with van der Waals surface area (Å²) in [6.07, 6.45) is 0. The molecule has 0 aliphatic heterocycles. The summed E-state index contributed by atoms with van der Waals surface area (Å²) in [7, 11) is 0. The molecule has 1 amide bonds. The van der Waals surface area contributed by atoms with Gasteiger partial charge >= 0.3 is 0 Å². The van der Waals surface area contributed by atoms with Crippen LogP contribution in [-0.4, -0.2) is 16.1 Å². The number of hydrogen-bond acceptors (Lipinski definition) is 3. The Hall–Kier alpha value is -3.01. The minimum atomic E-state index is -0.337. The molecule has 0 saturated heterocycles. The Bertz CT molecular complexity index is 828. The normalized spacial score (nSPS) is 10.5. The van der Waals surface area contributed by atoms with Crippen LogP contribution in [0, 0.1) is 0 Å². The van der Waals surface area contributed by atoms with E-state index < -0.39 is 0 Å². The molecule has 0 fully saturated rings. The fourth-order valence-corrected chi connectivity index (χ4v) is 2.33. The second kappa shape index (κ2) is 5.77. The summed E-state index contributed by atoms with van der Waals surface area (Å²) in [4.78, 5) is 12.2. The van der Waals surface area contributed by atoms with Crippen molar-refractivity contribution in [2.75, 3.05) is 0 Å². The summed E-state index contributed by atoms with van der Waals surface area (Å²) in [5.41, 5.74) is 1.20. The maximum atomic E-state index is 12.2. The molecule has 110 valence electrons. The van der Waals surface area contributed by atoms with E-state index in [1.807, 2.05) is 30.3 Å². The highest BCUT2D eigenvalue weighted by Gasteiger charge is 2.12. The molecule has 0 saturated carbocycles. The number of rotatable bonds is 3. The van der Waals surface area contributed by atoms with Gasteiger partial charge in [-0.15, -0.1) is 0 Å². The number of nitrogens with one attached hydrogen (secondary N) is 1. The number of fused-ring (bicyclic) bond motifs is 1. The van der Waals surface area contributed by atoms with Crippen LogP contribution >= 0.6 is 0 Å². The molecule has 0 radical (unpaired) electrons. The number of hydrogen-bond donors (Lipinski definition) is 3. The molecule has 3 N–H and O–H groups in total. The number of amides is 1. The maximum Gasteiger partial charge on any atom is 0.255 e. The number of benzene rings is 3. The van der Waals surface area contributed by atoms with Gasteiger partial charge in [-0.2, -0.15) is 0 Å². The van der Waals surface area contributed by atoms with E-state index in [1.54, 1.807) is 24.3 Å². The van der Waals surface area contributed by atoms with Gasteiger partial charge in [0.05, 0.1) is 5.56 Å². The van der Waals surface area contributed by atoms with Gasteiger partial charge in [-0.3, -0.25) is 4.79 Å². The first kappa shape index (κ1) is 13.9. The van der Waals surface area contributed by atoms with E-state index in [1.165, 1.54) is 6.07 Å². The average Bonchev–Trinajstić information content (AvgIpc) is 2.53. The quantitative estimate of drug-likeness (QED) is 0.694. The Balaban J connectivity index is 1.84. The van der Waals surface area contributed by atoms with Crippen molar-refractivity contribution in [2.24, 2.45) is 0 Å². The van der Waals surface area contributed by atoms with Crippen molar-refractivity contribution in [3.8, 4) is 11.5 Å². The van der Waals surface area contributed by atoms with E-state index in [4.69, 9.17) is 0 Å². The van der Waals surface area contributed by atoms with Crippen molar-refractivity contribution < 1.29 is 15.0 Å². The summed E-state index contributed by atoms with van der Waals surface area (Å²) in [5.74, 6) is -0.326. The van der Waals surface area contributed by atoms with Gasteiger partial charge in [0.25, 0.3) is 5.91 Å². The lowest BCUT2D eigenvalue weighted by molar-refractivity contribution is 0.0948. The van der Waals surface area contributed by atoms with Crippen molar-refractivity contribution in [3.63, 3.8) is 0 Å². The van der Waals surface area contributed by atoms with Gasteiger partial charge in [0.1, 0.15) is 11.5 Å². The van der Waals surface area contributed by atoms with Crippen molar-refractivity contribution in [2.45, 2.75) is 6.54 Å². The third-order valence-electron chi connectivity index (χ3n) is 3.48. The maximum absolute atomic E-state index is 12.2. The van der Waals surface area contributed by atoms with Crippen molar-refractivity contribution in [1.29, 1.82) is 0 Å². The highest BCUT2D eigenvalue weighted by Crippen LogP contribution is 2.27. The molecule has 0 spiro atoms. The number of carbonyl (C=O) groups is 1. The Morgan fingerprint density at radius 2 is 1.68 bits per heavy atom. The molecular formula is C18H15NO3. The highest BCUT2D eigenvalue weighted by atomic mass is 16.3. The second-order valence-electron chi connectivity index (χ2n) is 5.07. The molecule has 0 bridgehead atoms. The SMILES string of the molecule is O=C(NCc1ccccc1)c1cc2ccc(O)cc2cc1O. The Labute approximate surface area is 127 Å². The molecule has 4 heteroatoms. The molecule has 0 aliphatic rings. The fraction of sp³-hybridized carbons (Fsp3) is 0.0556. The van der Waals surface area contributed by atoms with Crippen LogP contribution < -0.4 is 5.32 Å². The van der Waals surface area contributed by atoms with Crippen LogP contribution in [0.1, 0.15) is 15.9 Å². The zero-order chi connectivity index (χ0) is 15.5. The molecule has 0 aromatic heterocycles. The first-order valence-corrected chi connectivity index (χ1v) is 6.91. The zero-order valence-corrected chi connectivity index (χ0v) is 11.8. The Morgan fingerprint density at radius 3 is 2.45 bits per heavy atom.